The van der Waals surface area contributed by atoms with Gasteiger partial charge in [0, 0.05) is 26.2 Å². The standard InChI is InChI=1S/C16H25N3O4/c1-18-4-6-19(7-5-18)14-15(20)13(12-10-22-16(14)23-12)17-9-11-3-2-8-21-11/h2-3,8,12-17,20H,4-7,9-10H2,1H3/t12-,13-,14-,15+,16-/m1/s1. The van der Waals surface area contributed by atoms with Gasteiger partial charge in [0.1, 0.15) is 11.9 Å². The Morgan fingerprint density at radius 1 is 1.30 bits per heavy atom. The second kappa shape index (κ2) is 6.51. The molecule has 0 saturated carbocycles. The van der Waals surface area contributed by atoms with Gasteiger partial charge in [-0.05, 0) is 19.2 Å². The first-order chi connectivity index (χ1) is 11.2. The van der Waals surface area contributed by atoms with E-state index in [4.69, 9.17) is 13.9 Å². The Labute approximate surface area is 136 Å². The van der Waals surface area contributed by atoms with Crippen molar-refractivity contribution in [3.8, 4) is 0 Å². The monoisotopic (exact) mass is 323 g/mol. The quantitative estimate of drug-likeness (QED) is 0.772. The molecule has 3 fully saturated rings. The summed E-state index contributed by atoms with van der Waals surface area (Å²) >= 11 is 0. The van der Waals surface area contributed by atoms with Crippen molar-refractivity contribution >= 4 is 0 Å². The first-order valence-corrected chi connectivity index (χ1v) is 8.36. The van der Waals surface area contributed by atoms with Gasteiger partial charge >= 0.3 is 0 Å². The number of aliphatic hydroxyl groups is 1. The van der Waals surface area contributed by atoms with Gasteiger partial charge in [0.25, 0.3) is 0 Å². The molecule has 1 aromatic heterocycles. The van der Waals surface area contributed by atoms with Gasteiger partial charge in [0.05, 0.1) is 37.6 Å². The maximum atomic E-state index is 10.9. The number of nitrogens with one attached hydrogen (secondary N) is 1. The van der Waals surface area contributed by atoms with Crippen LogP contribution in [0.5, 0.6) is 0 Å². The number of piperazine rings is 1. The number of likely N-dealkylation sites (N-methyl/N-ethyl adjacent to an activating group) is 1. The summed E-state index contributed by atoms with van der Waals surface area (Å²) in [7, 11) is 2.13. The van der Waals surface area contributed by atoms with E-state index >= 15 is 0 Å². The summed E-state index contributed by atoms with van der Waals surface area (Å²) in [6.07, 6.45) is 0.723. The van der Waals surface area contributed by atoms with Crippen LogP contribution in [-0.2, 0) is 16.0 Å². The van der Waals surface area contributed by atoms with Crippen molar-refractivity contribution in [3.63, 3.8) is 0 Å². The number of hydrogen-bond donors (Lipinski definition) is 2. The number of rotatable bonds is 4. The van der Waals surface area contributed by atoms with Crippen LogP contribution in [0.3, 0.4) is 0 Å². The summed E-state index contributed by atoms with van der Waals surface area (Å²) < 4.78 is 17.2. The largest absolute Gasteiger partial charge is 0.468 e. The van der Waals surface area contributed by atoms with Crippen molar-refractivity contribution in [2.24, 2.45) is 0 Å². The summed E-state index contributed by atoms with van der Waals surface area (Å²) in [5.41, 5.74) is 0. The molecule has 1 aromatic rings. The van der Waals surface area contributed by atoms with Gasteiger partial charge in [-0.2, -0.15) is 0 Å². The summed E-state index contributed by atoms with van der Waals surface area (Å²) in [4.78, 5) is 4.61. The highest BCUT2D eigenvalue weighted by molar-refractivity contribution is 5.04. The first kappa shape index (κ1) is 15.6. The Kier molecular flexibility index (Phi) is 4.40. The van der Waals surface area contributed by atoms with Crippen LogP contribution in [-0.4, -0.2) is 85.3 Å². The molecule has 7 heteroatoms. The zero-order valence-corrected chi connectivity index (χ0v) is 13.4. The topological polar surface area (TPSA) is 70.3 Å². The van der Waals surface area contributed by atoms with Crippen LogP contribution in [0.15, 0.2) is 22.8 Å². The Balaban J connectivity index is 1.45. The molecular formula is C16H25N3O4. The van der Waals surface area contributed by atoms with Gasteiger partial charge in [-0.3, -0.25) is 4.90 Å². The first-order valence-electron chi connectivity index (χ1n) is 8.36. The van der Waals surface area contributed by atoms with E-state index in [1.807, 2.05) is 12.1 Å². The van der Waals surface area contributed by atoms with Crippen molar-refractivity contribution in [2.45, 2.75) is 37.1 Å². The van der Waals surface area contributed by atoms with Crippen LogP contribution in [0.4, 0.5) is 0 Å². The minimum absolute atomic E-state index is 0.103. The van der Waals surface area contributed by atoms with E-state index in [1.165, 1.54) is 0 Å². The lowest BCUT2D eigenvalue weighted by Crippen LogP contribution is -2.66. The van der Waals surface area contributed by atoms with E-state index in [2.05, 4.69) is 22.2 Å². The van der Waals surface area contributed by atoms with E-state index in [9.17, 15) is 5.11 Å². The summed E-state index contributed by atoms with van der Waals surface area (Å²) in [6, 6.07) is 3.53. The molecule has 0 aliphatic carbocycles. The van der Waals surface area contributed by atoms with Gasteiger partial charge in [-0.25, -0.2) is 0 Å². The van der Waals surface area contributed by atoms with Gasteiger partial charge in [0.2, 0.25) is 0 Å². The molecule has 2 bridgehead atoms. The molecule has 3 aliphatic rings. The fourth-order valence-corrected chi connectivity index (χ4v) is 3.79. The van der Waals surface area contributed by atoms with Gasteiger partial charge in [0.15, 0.2) is 6.29 Å². The number of hydrogen-bond acceptors (Lipinski definition) is 7. The van der Waals surface area contributed by atoms with E-state index in [-0.39, 0.29) is 24.5 Å². The number of ether oxygens (including phenoxy) is 2. The third-order valence-electron chi connectivity index (χ3n) is 5.18. The molecule has 23 heavy (non-hydrogen) atoms. The van der Waals surface area contributed by atoms with Crippen LogP contribution in [0.25, 0.3) is 0 Å². The van der Waals surface area contributed by atoms with Crippen molar-refractivity contribution in [1.82, 2.24) is 15.1 Å². The molecule has 4 heterocycles. The van der Waals surface area contributed by atoms with E-state index in [0.717, 1.165) is 31.9 Å². The fourth-order valence-electron chi connectivity index (χ4n) is 3.79. The summed E-state index contributed by atoms with van der Waals surface area (Å²) in [5.74, 6) is 0.856. The van der Waals surface area contributed by atoms with Crippen LogP contribution in [0.2, 0.25) is 0 Å². The summed E-state index contributed by atoms with van der Waals surface area (Å²) in [6.45, 7) is 4.97. The predicted molar refractivity (Wildman–Crippen MR) is 82.8 cm³/mol. The van der Waals surface area contributed by atoms with Crippen molar-refractivity contribution in [1.29, 1.82) is 0 Å². The minimum atomic E-state index is -0.514. The molecule has 0 amide bonds. The Morgan fingerprint density at radius 3 is 2.87 bits per heavy atom. The number of aliphatic hydroxyl groups excluding tert-OH is 1. The zero-order valence-electron chi connectivity index (χ0n) is 13.4. The molecule has 3 saturated heterocycles. The average molecular weight is 323 g/mol. The van der Waals surface area contributed by atoms with Crippen molar-refractivity contribution in [3.05, 3.63) is 24.2 Å². The highest BCUT2D eigenvalue weighted by Crippen LogP contribution is 2.32. The molecule has 7 nitrogen and oxygen atoms in total. The van der Waals surface area contributed by atoms with Crippen LogP contribution in [0, 0.1) is 0 Å². The molecule has 3 aliphatic heterocycles. The Hall–Kier alpha value is -0.960. The number of furan rings is 1. The number of fused-ring (bicyclic) bond motifs is 2. The highest BCUT2D eigenvalue weighted by atomic mass is 16.7. The lowest BCUT2D eigenvalue weighted by Gasteiger charge is -2.46. The van der Waals surface area contributed by atoms with Gasteiger partial charge in [-0.15, -0.1) is 0 Å². The van der Waals surface area contributed by atoms with Gasteiger partial charge in [-0.1, -0.05) is 0 Å². The third kappa shape index (κ3) is 3.05. The van der Waals surface area contributed by atoms with Gasteiger partial charge < -0.3 is 29.2 Å². The predicted octanol–water partition coefficient (Wildman–Crippen LogP) is -0.530. The lowest BCUT2D eigenvalue weighted by molar-refractivity contribution is -0.186. The van der Waals surface area contributed by atoms with Crippen LogP contribution < -0.4 is 5.32 Å². The molecule has 5 atom stereocenters. The molecule has 2 N–H and O–H groups in total. The molecule has 0 unspecified atom stereocenters. The number of nitrogens with zero attached hydrogens (tertiary/aromatic N) is 2. The minimum Gasteiger partial charge on any atom is -0.468 e. The van der Waals surface area contributed by atoms with E-state index in [1.54, 1.807) is 6.26 Å². The maximum Gasteiger partial charge on any atom is 0.176 e. The van der Waals surface area contributed by atoms with Crippen molar-refractivity contribution in [2.75, 3.05) is 39.8 Å². The average Bonchev–Trinajstić information content (AvgIpc) is 3.20. The summed E-state index contributed by atoms with van der Waals surface area (Å²) in [5, 5.41) is 14.3. The smallest absolute Gasteiger partial charge is 0.176 e. The molecule has 4 rings (SSSR count). The van der Waals surface area contributed by atoms with E-state index in [0.29, 0.717) is 13.2 Å². The Bertz CT molecular complexity index is 503. The SMILES string of the molecule is CN1CCN([C@H]2[C@@H]3OC[C@@H](O3)[C@@H](NCc3ccco3)[C@@H]2O)CC1. The second-order valence-electron chi connectivity index (χ2n) is 6.68. The second-order valence-corrected chi connectivity index (χ2v) is 6.68. The molecule has 0 radical (unpaired) electrons. The van der Waals surface area contributed by atoms with Crippen LogP contribution >= 0.6 is 0 Å². The van der Waals surface area contributed by atoms with Crippen molar-refractivity contribution < 1.29 is 19.0 Å². The zero-order chi connectivity index (χ0) is 15.8. The fraction of sp³-hybridized carbons (Fsp3) is 0.750. The third-order valence-corrected chi connectivity index (χ3v) is 5.18. The lowest BCUT2D eigenvalue weighted by atomic mass is 9.94. The molecule has 0 aromatic carbocycles. The van der Waals surface area contributed by atoms with Crippen LogP contribution in [0.1, 0.15) is 5.76 Å². The van der Waals surface area contributed by atoms with E-state index < -0.39 is 6.10 Å². The maximum absolute atomic E-state index is 10.9. The Morgan fingerprint density at radius 2 is 2.13 bits per heavy atom. The molecule has 128 valence electrons. The normalized spacial score (nSPS) is 39.0. The molecular weight excluding hydrogens is 298 g/mol. The molecule has 0 spiro atoms. The highest BCUT2D eigenvalue weighted by Gasteiger charge is 2.52.